The number of rotatable bonds is 3. The Morgan fingerprint density at radius 1 is 1.50 bits per heavy atom. The van der Waals surface area contributed by atoms with Gasteiger partial charge in [0.1, 0.15) is 5.69 Å². The van der Waals surface area contributed by atoms with Gasteiger partial charge in [0.05, 0.1) is 5.69 Å². The third-order valence-corrected chi connectivity index (χ3v) is 2.42. The Morgan fingerprint density at radius 3 is 2.56 bits per heavy atom. The van der Waals surface area contributed by atoms with Crippen molar-refractivity contribution in [3.63, 3.8) is 0 Å². The summed E-state index contributed by atoms with van der Waals surface area (Å²) in [6, 6.07) is 1.69. The van der Waals surface area contributed by atoms with Crippen molar-refractivity contribution in [3.8, 4) is 0 Å². The lowest BCUT2D eigenvalue weighted by molar-refractivity contribution is 0.0941. The first-order valence-electron chi connectivity index (χ1n) is 5.49. The topological polar surface area (TPSA) is 60.0 Å². The van der Waals surface area contributed by atoms with Crippen molar-refractivity contribution in [2.75, 3.05) is 12.3 Å². The van der Waals surface area contributed by atoms with Crippen LogP contribution < -0.4 is 11.1 Å². The van der Waals surface area contributed by atoms with Gasteiger partial charge in [0.25, 0.3) is 5.91 Å². The monoisotopic (exact) mass is 223 g/mol. The largest absolute Gasteiger partial charge is 0.397 e. The molecule has 0 aromatic carbocycles. The van der Waals surface area contributed by atoms with Gasteiger partial charge in [-0.3, -0.25) is 4.79 Å². The second-order valence-corrected chi connectivity index (χ2v) is 5.34. The molecule has 0 saturated carbocycles. The maximum absolute atomic E-state index is 11.8. The van der Waals surface area contributed by atoms with Crippen LogP contribution in [0.1, 0.15) is 37.7 Å². The lowest BCUT2D eigenvalue weighted by Gasteiger charge is -2.18. The summed E-state index contributed by atoms with van der Waals surface area (Å²) < 4.78 is 1.74. The molecule has 0 aliphatic heterocycles. The second-order valence-electron chi connectivity index (χ2n) is 5.34. The average molecular weight is 223 g/mol. The number of nitrogen functional groups attached to an aromatic ring is 1. The maximum Gasteiger partial charge on any atom is 0.267 e. The first kappa shape index (κ1) is 12.6. The van der Waals surface area contributed by atoms with E-state index in [9.17, 15) is 4.79 Å². The molecule has 0 atom stereocenters. The van der Waals surface area contributed by atoms with Crippen LogP contribution in [0.15, 0.2) is 12.3 Å². The Labute approximate surface area is 96.8 Å². The highest BCUT2D eigenvalue weighted by atomic mass is 16.1. The molecule has 0 radical (unpaired) electrons. The molecule has 0 bridgehead atoms. The molecule has 16 heavy (non-hydrogen) atoms. The number of carbonyl (C=O) groups excluding carboxylic acids is 1. The van der Waals surface area contributed by atoms with E-state index in [4.69, 9.17) is 5.73 Å². The Morgan fingerprint density at radius 2 is 2.12 bits per heavy atom. The zero-order valence-corrected chi connectivity index (χ0v) is 10.5. The molecule has 90 valence electrons. The SMILES string of the molecule is Cn1cc(N)cc1C(=O)NCCC(C)(C)C. The number of amides is 1. The van der Waals surface area contributed by atoms with Gasteiger partial charge >= 0.3 is 0 Å². The average Bonchev–Trinajstić information content (AvgIpc) is 2.43. The van der Waals surface area contributed by atoms with E-state index >= 15 is 0 Å². The number of hydrogen-bond acceptors (Lipinski definition) is 2. The third-order valence-electron chi connectivity index (χ3n) is 2.42. The summed E-state index contributed by atoms with van der Waals surface area (Å²) in [6.07, 6.45) is 2.69. The molecule has 0 spiro atoms. The molecule has 4 nitrogen and oxygen atoms in total. The van der Waals surface area contributed by atoms with E-state index < -0.39 is 0 Å². The van der Waals surface area contributed by atoms with E-state index in [-0.39, 0.29) is 11.3 Å². The zero-order chi connectivity index (χ0) is 12.3. The van der Waals surface area contributed by atoms with Crippen LogP contribution in [0.5, 0.6) is 0 Å². The molecule has 4 heteroatoms. The van der Waals surface area contributed by atoms with Crippen molar-refractivity contribution >= 4 is 11.6 Å². The van der Waals surface area contributed by atoms with E-state index in [1.807, 2.05) is 7.05 Å². The number of aryl methyl sites for hydroxylation is 1. The fourth-order valence-electron chi connectivity index (χ4n) is 1.46. The Bertz CT molecular complexity index is 374. The summed E-state index contributed by atoms with van der Waals surface area (Å²) in [4.78, 5) is 11.8. The normalized spacial score (nSPS) is 11.5. The molecule has 1 amide bonds. The minimum Gasteiger partial charge on any atom is -0.397 e. The molecular weight excluding hydrogens is 202 g/mol. The van der Waals surface area contributed by atoms with E-state index in [1.54, 1.807) is 16.8 Å². The van der Waals surface area contributed by atoms with Crippen molar-refractivity contribution < 1.29 is 4.79 Å². The highest BCUT2D eigenvalue weighted by Gasteiger charge is 2.13. The summed E-state index contributed by atoms with van der Waals surface area (Å²) in [6.45, 7) is 7.15. The van der Waals surface area contributed by atoms with Gasteiger partial charge < -0.3 is 15.6 Å². The third kappa shape index (κ3) is 3.61. The van der Waals surface area contributed by atoms with Crippen LogP contribution in [0.2, 0.25) is 0 Å². The molecule has 1 aromatic heterocycles. The van der Waals surface area contributed by atoms with Crippen LogP contribution in [0.25, 0.3) is 0 Å². The molecule has 0 aliphatic rings. The van der Waals surface area contributed by atoms with Crippen molar-refractivity contribution in [3.05, 3.63) is 18.0 Å². The molecule has 0 fully saturated rings. The van der Waals surface area contributed by atoms with Gasteiger partial charge in [-0.2, -0.15) is 0 Å². The fraction of sp³-hybridized carbons (Fsp3) is 0.583. The van der Waals surface area contributed by atoms with Crippen LogP contribution in [-0.4, -0.2) is 17.0 Å². The van der Waals surface area contributed by atoms with Crippen molar-refractivity contribution in [2.45, 2.75) is 27.2 Å². The predicted molar refractivity (Wildman–Crippen MR) is 66.2 cm³/mol. The lowest BCUT2D eigenvalue weighted by atomic mass is 9.92. The maximum atomic E-state index is 11.8. The van der Waals surface area contributed by atoms with Gasteiger partial charge in [-0.15, -0.1) is 0 Å². The predicted octanol–water partition coefficient (Wildman–Crippen LogP) is 1.77. The number of carbonyl (C=O) groups is 1. The van der Waals surface area contributed by atoms with Gasteiger partial charge in [-0.05, 0) is 17.9 Å². The fourth-order valence-corrected chi connectivity index (χ4v) is 1.46. The van der Waals surface area contributed by atoms with E-state index in [0.717, 1.165) is 6.42 Å². The Kier molecular flexibility index (Phi) is 3.62. The Balaban J connectivity index is 2.51. The van der Waals surface area contributed by atoms with Gasteiger partial charge in [0, 0.05) is 19.8 Å². The zero-order valence-electron chi connectivity index (χ0n) is 10.5. The minimum absolute atomic E-state index is 0.0662. The van der Waals surface area contributed by atoms with Gasteiger partial charge in [-0.25, -0.2) is 0 Å². The first-order valence-corrected chi connectivity index (χ1v) is 5.49. The van der Waals surface area contributed by atoms with Crippen LogP contribution in [0.3, 0.4) is 0 Å². The standard InChI is InChI=1S/C12H21N3O/c1-12(2,3)5-6-14-11(16)10-7-9(13)8-15(10)4/h7-8H,5-6,13H2,1-4H3,(H,14,16). The van der Waals surface area contributed by atoms with E-state index in [0.29, 0.717) is 17.9 Å². The smallest absolute Gasteiger partial charge is 0.267 e. The van der Waals surface area contributed by atoms with E-state index in [1.165, 1.54) is 0 Å². The summed E-state index contributed by atoms with van der Waals surface area (Å²) in [7, 11) is 1.81. The molecule has 1 heterocycles. The number of aromatic nitrogens is 1. The molecule has 3 N–H and O–H groups in total. The van der Waals surface area contributed by atoms with Gasteiger partial charge in [0.15, 0.2) is 0 Å². The molecular formula is C12H21N3O. The second kappa shape index (κ2) is 4.60. The minimum atomic E-state index is -0.0662. The summed E-state index contributed by atoms with van der Waals surface area (Å²) in [5.41, 5.74) is 7.07. The van der Waals surface area contributed by atoms with Crippen LogP contribution >= 0.6 is 0 Å². The quantitative estimate of drug-likeness (QED) is 0.820. The van der Waals surface area contributed by atoms with Crippen molar-refractivity contribution in [1.82, 2.24) is 9.88 Å². The number of nitrogens with two attached hydrogens (primary N) is 1. The van der Waals surface area contributed by atoms with Crippen LogP contribution in [0.4, 0.5) is 5.69 Å². The van der Waals surface area contributed by atoms with Crippen LogP contribution in [-0.2, 0) is 7.05 Å². The number of anilines is 1. The lowest BCUT2D eigenvalue weighted by Crippen LogP contribution is -2.28. The molecule has 1 aromatic rings. The molecule has 0 saturated heterocycles. The number of hydrogen-bond donors (Lipinski definition) is 2. The van der Waals surface area contributed by atoms with Crippen molar-refractivity contribution in [1.29, 1.82) is 0 Å². The Hall–Kier alpha value is -1.45. The number of nitrogens with zero attached hydrogens (tertiary/aromatic N) is 1. The molecule has 0 unspecified atom stereocenters. The highest BCUT2D eigenvalue weighted by Crippen LogP contribution is 2.17. The van der Waals surface area contributed by atoms with Crippen LogP contribution in [0, 0.1) is 5.41 Å². The van der Waals surface area contributed by atoms with Gasteiger partial charge in [0.2, 0.25) is 0 Å². The van der Waals surface area contributed by atoms with Crippen molar-refractivity contribution in [2.24, 2.45) is 12.5 Å². The molecule has 1 rings (SSSR count). The summed E-state index contributed by atoms with van der Waals surface area (Å²) >= 11 is 0. The summed E-state index contributed by atoms with van der Waals surface area (Å²) in [5, 5.41) is 2.89. The summed E-state index contributed by atoms with van der Waals surface area (Å²) in [5.74, 6) is -0.0662. The first-order chi connectivity index (χ1) is 7.29. The van der Waals surface area contributed by atoms with Gasteiger partial charge in [-0.1, -0.05) is 20.8 Å². The van der Waals surface area contributed by atoms with E-state index in [2.05, 4.69) is 26.1 Å². The number of nitrogens with one attached hydrogen (secondary N) is 1. The molecule has 0 aliphatic carbocycles. The highest BCUT2D eigenvalue weighted by molar-refractivity contribution is 5.93.